The van der Waals surface area contributed by atoms with E-state index in [9.17, 15) is 18.8 Å². The van der Waals surface area contributed by atoms with Gasteiger partial charge in [0.1, 0.15) is 5.82 Å². The number of urea groups is 1. The average molecular weight is 392 g/mol. The zero-order valence-corrected chi connectivity index (χ0v) is 16.2. The number of benzene rings is 1. The fraction of sp³-hybridized carbons (Fsp3) is 0.421. The van der Waals surface area contributed by atoms with Crippen molar-refractivity contribution < 1.29 is 23.5 Å². The van der Waals surface area contributed by atoms with E-state index in [4.69, 9.17) is 4.74 Å². The quantitative estimate of drug-likeness (QED) is 0.584. The number of amides is 3. The lowest BCUT2D eigenvalue weighted by Gasteiger charge is -2.30. The molecule has 1 aliphatic rings. The zero-order chi connectivity index (χ0) is 20.7. The topological polar surface area (TPSA) is 99.8 Å². The fourth-order valence-corrected chi connectivity index (χ4v) is 2.92. The monoisotopic (exact) mass is 392 g/mol. The van der Waals surface area contributed by atoms with Crippen LogP contribution in [-0.4, -0.2) is 55.6 Å². The molecule has 152 valence electrons. The molecular formula is C19H25FN4O4. The molecule has 0 radical (unpaired) electrons. The van der Waals surface area contributed by atoms with Gasteiger partial charge in [-0.15, -0.1) is 0 Å². The fourth-order valence-electron chi connectivity index (χ4n) is 2.92. The van der Waals surface area contributed by atoms with Crippen LogP contribution in [0.25, 0.3) is 0 Å². The molecule has 28 heavy (non-hydrogen) atoms. The summed E-state index contributed by atoms with van der Waals surface area (Å²) in [7, 11) is 1.68. The first-order valence-electron chi connectivity index (χ1n) is 9.05. The molecular weight excluding hydrogens is 367 g/mol. The summed E-state index contributed by atoms with van der Waals surface area (Å²) in [5.41, 5.74) is 1.10. The lowest BCUT2D eigenvalue weighted by molar-refractivity contribution is -0.139. The van der Waals surface area contributed by atoms with Crippen LogP contribution in [0.15, 0.2) is 35.5 Å². The van der Waals surface area contributed by atoms with Crippen molar-refractivity contribution in [2.75, 3.05) is 32.1 Å². The minimum atomic E-state index is -0.505. The highest BCUT2D eigenvalue weighted by Gasteiger charge is 2.31. The molecule has 0 saturated carbocycles. The Bertz CT molecular complexity index is 781. The van der Waals surface area contributed by atoms with Gasteiger partial charge in [0.15, 0.2) is 0 Å². The van der Waals surface area contributed by atoms with Crippen molar-refractivity contribution in [1.29, 1.82) is 0 Å². The van der Waals surface area contributed by atoms with E-state index in [2.05, 4.69) is 16.0 Å². The van der Waals surface area contributed by atoms with Gasteiger partial charge in [-0.3, -0.25) is 9.69 Å². The van der Waals surface area contributed by atoms with Crippen LogP contribution in [0.3, 0.4) is 0 Å². The van der Waals surface area contributed by atoms with Crippen molar-refractivity contribution >= 4 is 23.6 Å². The predicted molar refractivity (Wildman–Crippen MR) is 102 cm³/mol. The molecule has 1 heterocycles. The zero-order valence-electron chi connectivity index (χ0n) is 16.2. The second-order valence-electron chi connectivity index (χ2n) is 6.40. The predicted octanol–water partition coefficient (Wildman–Crippen LogP) is 1.60. The number of nitrogens with one attached hydrogen (secondary N) is 3. The number of carbonyl (C=O) groups excluding carboxylic acids is 3. The molecule has 3 N–H and O–H groups in total. The maximum Gasteiger partial charge on any atom is 0.337 e. The number of hydrogen-bond donors (Lipinski definition) is 3. The minimum Gasteiger partial charge on any atom is -0.463 e. The lowest BCUT2D eigenvalue weighted by atomic mass is 10.00. The van der Waals surface area contributed by atoms with Gasteiger partial charge in [0.05, 0.1) is 24.8 Å². The van der Waals surface area contributed by atoms with E-state index < -0.39 is 23.9 Å². The Morgan fingerprint density at radius 2 is 2.07 bits per heavy atom. The number of nitrogens with zero attached hydrogens (tertiary/aromatic N) is 1. The molecule has 2 rings (SSSR count). The molecule has 0 bridgehead atoms. The van der Waals surface area contributed by atoms with Crippen molar-refractivity contribution in [2.45, 2.75) is 26.3 Å². The van der Waals surface area contributed by atoms with E-state index in [0.29, 0.717) is 23.4 Å². The number of hydrogen-bond acceptors (Lipinski definition) is 5. The average Bonchev–Trinajstić information content (AvgIpc) is 2.60. The number of ether oxygens (including phenoxy) is 1. The van der Waals surface area contributed by atoms with E-state index >= 15 is 0 Å². The second kappa shape index (κ2) is 9.84. The summed E-state index contributed by atoms with van der Waals surface area (Å²) in [6, 6.07) is 4.72. The third-order valence-electron chi connectivity index (χ3n) is 4.10. The Kier molecular flexibility index (Phi) is 7.51. The Morgan fingerprint density at radius 3 is 2.71 bits per heavy atom. The van der Waals surface area contributed by atoms with Gasteiger partial charge >= 0.3 is 12.0 Å². The molecule has 0 aromatic heterocycles. The first-order valence-corrected chi connectivity index (χ1v) is 9.05. The summed E-state index contributed by atoms with van der Waals surface area (Å²) < 4.78 is 18.3. The number of esters is 1. The smallest absolute Gasteiger partial charge is 0.337 e. The molecule has 0 unspecified atom stereocenters. The Hall–Kier alpha value is -2.94. The Morgan fingerprint density at radius 1 is 1.32 bits per heavy atom. The minimum absolute atomic E-state index is 0.0176. The van der Waals surface area contributed by atoms with E-state index in [-0.39, 0.29) is 25.6 Å². The third kappa shape index (κ3) is 5.78. The molecule has 1 aromatic rings. The molecule has 1 aliphatic heterocycles. The van der Waals surface area contributed by atoms with Crippen LogP contribution in [0.2, 0.25) is 0 Å². The number of likely N-dealkylation sites (N-methyl/N-ethyl adjacent to an activating group) is 1. The van der Waals surface area contributed by atoms with Crippen molar-refractivity contribution in [2.24, 2.45) is 0 Å². The maximum atomic E-state index is 13.2. The molecule has 9 heteroatoms. The van der Waals surface area contributed by atoms with Crippen molar-refractivity contribution in [3.63, 3.8) is 0 Å². The normalized spacial score (nSPS) is 16.5. The summed E-state index contributed by atoms with van der Waals surface area (Å²) in [6.45, 7) is 3.91. The van der Waals surface area contributed by atoms with Crippen LogP contribution in [0.4, 0.5) is 14.9 Å². The van der Waals surface area contributed by atoms with Crippen molar-refractivity contribution in [3.05, 3.63) is 41.4 Å². The van der Waals surface area contributed by atoms with E-state index in [0.717, 1.165) is 0 Å². The van der Waals surface area contributed by atoms with Crippen LogP contribution in [0, 0.1) is 5.82 Å². The van der Waals surface area contributed by atoms with Crippen LogP contribution >= 0.6 is 0 Å². The molecule has 0 saturated heterocycles. The van der Waals surface area contributed by atoms with E-state index in [1.165, 1.54) is 18.2 Å². The lowest BCUT2D eigenvalue weighted by Crippen LogP contribution is -2.52. The highest BCUT2D eigenvalue weighted by Crippen LogP contribution is 2.18. The highest BCUT2D eigenvalue weighted by atomic mass is 19.1. The van der Waals surface area contributed by atoms with Gasteiger partial charge in [0.25, 0.3) is 0 Å². The molecule has 1 aromatic carbocycles. The number of halogens is 1. The molecule has 3 amide bonds. The summed E-state index contributed by atoms with van der Waals surface area (Å²) in [5.74, 6) is -1.30. The standard InChI is InChI=1S/C19H25FN4O4/c1-4-14-17(18(26)28-5-2)15(23-19(27)22-14)10-24(3)11-16(25)21-13-8-6-7-12(20)9-13/h6-9,14H,4-5,10-11H2,1-3H3,(H,21,25)(H2,22,23,27)/t14-/m0/s1. The Balaban J connectivity index is 2.09. The van der Waals surface area contributed by atoms with Crippen LogP contribution < -0.4 is 16.0 Å². The van der Waals surface area contributed by atoms with Gasteiger partial charge in [-0.25, -0.2) is 14.0 Å². The molecule has 0 fully saturated rings. The number of carbonyl (C=O) groups is 3. The van der Waals surface area contributed by atoms with E-state index in [1.807, 2.05) is 6.92 Å². The van der Waals surface area contributed by atoms with Gasteiger partial charge in [-0.2, -0.15) is 0 Å². The van der Waals surface area contributed by atoms with Crippen molar-refractivity contribution in [3.8, 4) is 0 Å². The van der Waals surface area contributed by atoms with Crippen LogP contribution in [0.5, 0.6) is 0 Å². The largest absolute Gasteiger partial charge is 0.463 e. The summed E-state index contributed by atoms with van der Waals surface area (Å²) in [6.07, 6.45) is 0.523. The maximum absolute atomic E-state index is 13.2. The van der Waals surface area contributed by atoms with Gasteiger partial charge in [-0.1, -0.05) is 13.0 Å². The second-order valence-corrected chi connectivity index (χ2v) is 6.40. The van der Waals surface area contributed by atoms with Gasteiger partial charge in [0.2, 0.25) is 5.91 Å². The highest BCUT2D eigenvalue weighted by molar-refractivity contribution is 5.95. The molecule has 0 spiro atoms. The molecule has 8 nitrogen and oxygen atoms in total. The van der Waals surface area contributed by atoms with Crippen LogP contribution in [0.1, 0.15) is 20.3 Å². The van der Waals surface area contributed by atoms with E-state index in [1.54, 1.807) is 24.9 Å². The molecule has 0 aliphatic carbocycles. The first kappa shape index (κ1) is 21.4. The van der Waals surface area contributed by atoms with Crippen molar-refractivity contribution in [1.82, 2.24) is 15.5 Å². The third-order valence-corrected chi connectivity index (χ3v) is 4.10. The number of anilines is 1. The summed E-state index contributed by atoms with van der Waals surface area (Å²) >= 11 is 0. The molecule has 1 atom stereocenters. The van der Waals surface area contributed by atoms with Gasteiger partial charge in [0, 0.05) is 17.9 Å². The summed E-state index contributed by atoms with van der Waals surface area (Å²) in [4.78, 5) is 38.1. The van der Waals surface area contributed by atoms with Gasteiger partial charge in [-0.05, 0) is 38.6 Å². The SMILES string of the molecule is CCOC(=O)C1=C(CN(C)CC(=O)Nc2cccc(F)c2)NC(=O)N[C@H]1CC. The first-order chi connectivity index (χ1) is 13.3. The summed E-state index contributed by atoms with van der Waals surface area (Å²) in [5, 5.41) is 7.94. The van der Waals surface area contributed by atoms with Gasteiger partial charge < -0.3 is 20.7 Å². The number of rotatable bonds is 8. The Labute approximate surface area is 163 Å². The van der Waals surface area contributed by atoms with Crippen LogP contribution in [-0.2, 0) is 14.3 Å².